The van der Waals surface area contributed by atoms with Crippen molar-refractivity contribution in [3.63, 3.8) is 0 Å². The molecule has 56 valence electrons. The summed E-state index contributed by atoms with van der Waals surface area (Å²) in [6.45, 7) is 9.09. The fraction of sp³-hybridized carbons (Fsp3) is 0.556. The molecular formula is C9H14Se. The van der Waals surface area contributed by atoms with Crippen molar-refractivity contribution in [3.8, 4) is 0 Å². The molecule has 0 N–H and O–H groups in total. The minimum atomic E-state index is 0.396. The van der Waals surface area contributed by atoms with E-state index >= 15 is 0 Å². The third-order valence-corrected chi connectivity index (χ3v) is 4.57. The quantitative estimate of drug-likeness (QED) is 0.565. The molecule has 0 aliphatic rings. The van der Waals surface area contributed by atoms with Gasteiger partial charge in [-0.1, -0.05) is 0 Å². The summed E-state index contributed by atoms with van der Waals surface area (Å²) in [5, 5.41) is 0. The Morgan fingerprint density at radius 3 is 2.10 bits per heavy atom. The molecule has 0 aliphatic carbocycles. The van der Waals surface area contributed by atoms with E-state index in [1.54, 1.807) is 4.44 Å². The summed E-state index contributed by atoms with van der Waals surface area (Å²) in [5.74, 6) is 0. The minimum absolute atomic E-state index is 0.396. The van der Waals surface area contributed by atoms with Crippen molar-refractivity contribution in [1.82, 2.24) is 0 Å². The van der Waals surface area contributed by atoms with E-state index in [9.17, 15) is 0 Å². The SMILES string of the molecule is Cc1cc[se]c1C(C)(C)C. The molecule has 1 aromatic heterocycles. The fourth-order valence-corrected chi connectivity index (χ4v) is 3.27. The normalized spacial score (nSPS) is 12.0. The maximum absolute atomic E-state index is 2.31. The van der Waals surface area contributed by atoms with Crippen LogP contribution >= 0.6 is 0 Å². The summed E-state index contributed by atoms with van der Waals surface area (Å²) < 4.78 is 1.65. The van der Waals surface area contributed by atoms with Gasteiger partial charge in [0, 0.05) is 0 Å². The van der Waals surface area contributed by atoms with Crippen LogP contribution in [0.15, 0.2) is 11.0 Å². The Bertz CT molecular complexity index is 215. The van der Waals surface area contributed by atoms with Crippen LogP contribution in [0.4, 0.5) is 0 Å². The summed E-state index contributed by atoms with van der Waals surface area (Å²) in [7, 11) is 0. The van der Waals surface area contributed by atoms with Crippen molar-refractivity contribution in [2.45, 2.75) is 33.1 Å². The van der Waals surface area contributed by atoms with Gasteiger partial charge in [0.05, 0.1) is 0 Å². The molecule has 0 saturated heterocycles. The van der Waals surface area contributed by atoms with Crippen LogP contribution in [0.3, 0.4) is 0 Å². The van der Waals surface area contributed by atoms with Crippen molar-refractivity contribution in [2.75, 3.05) is 0 Å². The van der Waals surface area contributed by atoms with Gasteiger partial charge >= 0.3 is 68.6 Å². The molecular weight excluding hydrogens is 187 g/mol. The van der Waals surface area contributed by atoms with Crippen LogP contribution in [0.1, 0.15) is 30.8 Å². The molecule has 0 aromatic carbocycles. The molecule has 1 rings (SSSR count). The summed E-state index contributed by atoms with van der Waals surface area (Å²) in [6.07, 6.45) is 0. The molecule has 0 saturated carbocycles. The zero-order chi connectivity index (χ0) is 7.78. The Morgan fingerprint density at radius 1 is 1.30 bits per heavy atom. The molecule has 1 aromatic rings. The van der Waals surface area contributed by atoms with Gasteiger partial charge in [0.15, 0.2) is 0 Å². The predicted octanol–water partition coefficient (Wildman–Crippen LogP) is 2.35. The first-order chi connectivity index (χ1) is 4.52. The second-order valence-corrected chi connectivity index (χ2v) is 5.60. The van der Waals surface area contributed by atoms with Crippen LogP contribution < -0.4 is 0 Å². The van der Waals surface area contributed by atoms with Crippen molar-refractivity contribution in [2.24, 2.45) is 0 Å². The molecule has 0 atom stereocenters. The maximum atomic E-state index is 2.31. The van der Waals surface area contributed by atoms with Gasteiger partial charge in [-0.15, -0.1) is 0 Å². The van der Waals surface area contributed by atoms with Gasteiger partial charge < -0.3 is 0 Å². The number of aryl methyl sites for hydroxylation is 1. The van der Waals surface area contributed by atoms with E-state index in [4.69, 9.17) is 0 Å². The van der Waals surface area contributed by atoms with Crippen LogP contribution in [-0.4, -0.2) is 14.5 Å². The van der Waals surface area contributed by atoms with Crippen LogP contribution in [0.25, 0.3) is 0 Å². The number of hydrogen-bond acceptors (Lipinski definition) is 0. The van der Waals surface area contributed by atoms with E-state index in [1.165, 1.54) is 5.56 Å². The number of rotatable bonds is 0. The van der Waals surface area contributed by atoms with Gasteiger partial charge in [-0.3, -0.25) is 0 Å². The van der Waals surface area contributed by atoms with Gasteiger partial charge in [-0.05, 0) is 0 Å². The Balaban J connectivity index is 3.05. The van der Waals surface area contributed by atoms with E-state index in [0.717, 1.165) is 0 Å². The Labute approximate surface area is 69.0 Å². The van der Waals surface area contributed by atoms with Gasteiger partial charge in [-0.25, -0.2) is 0 Å². The first-order valence-electron chi connectivity index (χ1n) is 3.56. The predicted molar refractivity (Wildman–Crippen MR) is 46.8 cm³/mol. The van der Waals surface area contributed by atoms with E-state index in [2.05, 4.69) is 38.7 Å². The van der Waals surface area contributed by atoms with E-state index in [1.807, 2.05) is 0 Å². The molecule has 0 fully saturated rings. The Hall–Kier alpha value is -0.000519. The van der Waals surface area contributed by atoms with Gasteiger partial charge in [0.1, 0.15) is 0 Å². The van der Waals surface area contributed by atoms with E-state index in [-0.39, 0.29) is 0 Å². The van der Waals surface area contributed by atoms with Gasteiger partial charge in [0.2, 0.25) is 0 Å². The first-order valence-corrected chi connectivity index (χ1v) is 5.41. The average Bonchev–Trinajstić information content (AvgIpc) is 2.11. The molecule has 0 spiro atoms. The van der Waals surface area contributed by atoms with Crippen LogP contribution in [-0.2, 0) is 5.41 Å². The third-order valence-electron chi connectivity index (χ3n) is 1.54. The monoisotopic (exact) mass is 202 g/mol. The standard InChI is InChI=1S/C9H14Se/c1-7-5-6-10-8(7)9(2,3)4/h5-6H,1-4H3. The van der Waals surface area contributed by atoms with Crippen LogP contribution in [0, 0.1) is 6.92 Å². The van der Waals surface area contributed by atoms with Crippen molar-refractivity contribution in [3.05, 3.63) is 21.0 Å². The van der Waals surface area contributed by atoms with Gasteiger partial charge in [-0.2, -0.15) is 0 Å². The fourth-order valence-electron chi connectivity index (χ4n) is 1.14. The molecule has 1 heterocycles. The van der Waals surface area contributed by atoms with Crippen molar-refractivity contribution >= 4 is 14.5 Å². The summed E-state index contributed by atoms with van der Waals surface area (Å²) >= 11 is 0.641. The molecule has 0 radical (unpaired) electrons. The molecule has 1 heteroatoms. The molecule has 0 amide bonds. The zero-order valence-electron chi connectivity index (χ0n) is 7.06. The molecule has 0 bridgehead atoms. The van der Waals surface area contributed by atoms with E-state index < -0.39 is 0 Å². The second-order valence-electron chi connectivity index (χ2n) is 3.68. The second kappa shape index (κ2) is 2.56. The summed E-state index contributed by atoms with van der Waals surface area (Å²) in [6, 6.07) is 2.25. The van der Waals surface area contributed by atoms with Crippen LogP contribution in [0.2, 0.25) is 0 Å². The molecule has 0 unspecified atom stereocenters. The van der Waals surface area contributed by atoms with Crippen LogP contribution in [0.5, 0.6) is 0 Å². The summed E-state index contributed by atoms with van der Waals surface area (Å²) in [4.78, 5) is 2.31. The Morgan fingerprint density at radius 2 is 1.90 bits per heavy atom. The summed E-state index contributed by atoms with van der Waals surface area (Å²) in [5.41, 5.74) is 1.89. The van der Waals surface area contributed by atoms with E-state index in [0.29, 0.717) is 19.9 Å². The van der Waals surface area contributed by atoms with Crippen molar-refractivity contribution < 1.29 is 0 Å². The van der Waals surface area contributed by atoms with Gasteiger partial charge in [0.25, 0.3) is 0 Å². The molecule has 10 heavy (non-hydrogen) atoms. The topological polar surface area (TPSA) is 0 Å². The zero-order valence-corrected chi connectivity index (χ0v) is 8.78. The third kappa shape index (κ3) is 1.53. The molecule has 0 nitrogen and oxygen atoms in total. The van der Waals surface area contributed by atoms with Crippen molar-refractivity contribution in [1.29, 1.82) is 0 Å². The average molecular weight is 201 g/mol. The molecule has 0 aliphatic heterocycles. The number of hydrogen-bond donors (Lipinski definition) is 0. The Kier molecular flexibility index (Phi) is 2.07. The first kappa shape index (κ1) is 8.10.